The van der Waals surface area contributed by atoms with Crippen molar-refractivity contribution in [3.8, 4) is 11.8 Å². The zero-order valence-corrected chi connectivity index (χ0v) is 13.0. The van der Waals surface area contributed by atoms with Crippen LogP contribution in [-0.2, 0) is 12.6 Å². The van der Waals surface area contributed by atoms with E-state index in [0.717, 1.165) is 11.6 Å². The molecule has 0 bridgehead atoms. The number of Topliss-reactive ketones (excluding diaryl/α,β-unsaturated/α-hetero) is 1. The van der Waals surface area contributed by atoms with E-state index in [-0.39, 0.29) is 11.6 Å². The number of hydrogen-bond donors (Lipinski definition) is 0. The lowest BCUT2D eigenvalue weighted by atomic mass is 10.1. The third kappa shape index (κ3) is 3.17. The lowest BCUT2D eigenvalue weighted by Crippen LogP contribution is -2.16. The quantitative estimate of drug-likeness (QED) is 0.858. The molecule has 0 spiro atoms. The molecular formula is C16H14F3N3O2. The molecule has 126 valence electrons. The van der Waals surface area contributed by atoms with Gasteiger partial charge < -0.3 is 9.64 Å². The Morgan fingerprint density at radius 1 is 1.12 bits per heavy atom. The van der Waals surface area contributed by atoms with Crippen molar-refractivity contribution in [3.05, 3.63) is 41.1 Å². The first kappa shape index (κ1) is 16.2. The summed E-state index contributed by atoms with van der Waals surface area (Å²) in [7, 11) is 3.15. The molecule has 0 saturated carbocycles. The molecule has 0 unspecified atom stereocenters. The van der Waals surface area contributed by atoms with E-state index in [4.69, 9.17) is 4.74 Å². The van der Waals surface area contributed by atoms with Gasteiger partial charge in [0.1, 0.15) is 11.6 Å². The van der Waals surface area contributed by atoms with Crippen molar-refractivity contribution < 1.29 is 22.7 Å². The zero-order valence-electron chi connectivity index (χ0n) is 13.0. The van der Waals surface area contributed by atoms with E-state index in [2.05, 4.69) is 9.97 Å². The first-order chi connectivity index (χ1) is 11.2. The van der Waals surface area contributed by atoms with Crippen molar-refractivity contribution >= 4 is 11.6 Å². The fraction of sp³-hybridized carbons (Fsp3) is 0.312. The number of halogens is 3. The Labute approximate surface area is 136 Å². The third-order valence-corrected chi connectivity index (χ3v) is 3.65. The summed E-state index contributed by atoms with van der Waals surface area (Å²) in [5.41, 5.74) is 0.367. The number of nitrogens with zero attached hydrogens (tertiary/aromatic N) is 3. The molecule has 1 aromatic heterocycles. The SMILES string of the molecule is CN(C)c1cc(C(F)(F)F)nc(Oc2ccc3c(c2)CCC3=O)n1. The van der Waals surface area contributed by atoms with Crippen molar-refractivity contribution in [2.75, 3.05) is 19.0 Å². The molecule has 1 heterocycles. The van der Waals surface area contributed by atoms with Crippen LogP contribution >= 0.6 is 0 Å². The predicted octanol–water partition coefficient (Wildman–Crippen LogP) is 3.48. The molecule has 24 heavy (non-hydrogen) atoms. The second kappa shape index (κ2) is 5.77. The first-order valence-electron chi connectivity index (χ1n) is 7.21. The molecule has 3 rings (SSSR count). The molecule has 1 aliphatic rings. The summed E-state index contributed by atoms with van der Waals surface area (Å²) < 4.78 is 44.3. The van der Waals surface area contributed by atoms with E-state index in [1.54, 1.807) is 26.2 Å². The number of hydrogen-bond acceptors (Lipinski definition) is 5. The van der Waals surface area contributed by atoms with Crippen molar-refractivity contribution in [1.82, 2.24) is 9.97 Å². The maximum Gasteiger partial charge on any atom is 0.433 e. The van der Waals surface area contributed by atoms with Gasteiger partial charge >= 0.3 is 12.2 Å². The van der Waals surface area contributed by atoms with Crippen LogP contribution in [0.5, 0.6) is 11.8 Å². The van der Waals surface area contributed by atoms with E-state index >= 15 is 0 Å². The van der Waals surface area contributed by atoms with Crippen LogP contribution in [0.1, 0.15) is 28.0 Å². The Bertz CT molecular complexity index is 804. The van der Waals surface area contributed by atoms with Gasteiger partial charge in [-0.2, -0.15) is 23.1 Å². The van der Waals surface area contributed by atoms with Crippen LogP contribution in [0.15, 0.2) is 24.3 Å². The summed E-state index contributed by atoms with van der Waals surface area (Å²) in [6.45, 7) is 0. The highest BCUT2D eigenvalue weighted by atomic mass is 19.4. The molecule has 0 atom stereocenters. The molecular weight excluding hydrogens is 323 g/mol. The van der Waals surface area contributed by atoms with Crippen LogP contribution in [0.3, 0.4) is 0 Å². The van der Waals surface area contributed by atoms with Gasteiger partial charge in [0, 0.05) is 32.1 Å². The second-order valence-corrected chi connectivity index (χ2v) is 5.63. The Balaban J connectivity index is 1.95. The molecule has 5 nitrogen and oxygen atoms in total. The van der Waals surface area contributed by atoms with Gasteiger partial charge in [-0.05, 0) is 30.2 Å². The normalized spacial score (nSPS) is 13.8. The number of alkyl halides is 3. The Kier molecular flexibility index (Phi) is 3.90. The van der Waals surface area contributed by atoms with E-state index in [1.807, 2.05) is 0 Å². The Hall–Kier alpha value is -2.64. The number of carbonyl (C=O) groups excluding carboxylic acids is 1. The smallest absolute Gasteiger partial charge is 0.424 e. The van der Waals surface area contributed by atoms with Crippen molar-refractivity contribution in [2.45, 2.75) is 19.0 Å². The van der Waals surface area contributed by atoms with Crippen LogP contribution in [0.25, 0.3) is 0 Å². The van der Waals surface area contributed by atoms with Crippen LogP contribution in [0, 0.1) is 0 Å². The number of ether oxygens (including phenoxy) is 1. The standard InChI is InChI=1S/C16H14F3N3O2/c1-22(2)14-8-13(16(17,18)19)20-15(21-14)24-10-4-5-11-9(7-10)3-6-12(11)23/h4-5,7-8H,3,6H2,1-2H3. The van der Waals surface area contributed by atoms with Gasteiger partial charge in [-0.15, -0.1) is 0 Å². The Morgan fingerprint density at radius 3 is 2.54 bits per heavy atom. The maximum atomic E-state index is 13.0. The summed E-state index contributed by atoms with van der Waals surface area (Å²) in [5, 5.41) is 0. The molecule has 0 fully saturated rings. The number of aryl methyl sites for hydroxylation is 1. The van der Waals surface area contributed by atoms with Gasteiger partial charge in [0.15, 0.2) is 11.5 Å². The van der Waals surface area contributed by atoms with Crippen molar-refractivity contribution in [3.63, 3.8) is 0 Å². The molecule has 0 radical (unpaired) electrons. The molecule has 0 N–H and O–H groups in total. The summed E-state index contributed by atoms with van der Waals surface area (Å²) in [4.78, 5) is 20.5. The average Bonchev–Trinajstić information content (AvgIpc) is 2.87. The maximum absolute atomic E-state index is 13.0. The van der Waals surface area contributed by atoms with Gasteiger partial charge in [-0.3, -0.25) is 4.79 Å². The van der Waals surface area contributed by atoms with Crippen LogP contribution < -0.4 is 9.64 Å². The predicted molar refractivity (Wildman–Crippen MR) is 80.5 cm³/mol. The average molecular weight is 337 g/mol. The fourth-order valence-electron chi connectivity index (χ4n) is 2.43. The minimum absolute atomic E-state index is 0.0572. The number of anilines is 1. The summed E-state index contributed by atoms with van der Waals surface area (Å²) >= 11 is 0. The molecule has 1 aromatic carbocycles. The number of aromatic nitrogens is 2. The van der Waals surface area contributed by atoms with E-state index in [9.17, 15) is 18.0 Å². The van der Waals surface area contributed by atoms with Gasteiger partial charge in [0.25, 0.3) is 0 Å². The summed E-state index contributed by atoms with van der Waals surface area (Å²) in [6.07, 6.45) is -3.57. The van der Waals surface area contributed by atoms with Gasteiger partial charge in [-0.1, -0.05) is 0 Å². The number of benzene rings is 1. The van der Waals surface area contributed by atoms with E-state index in [0.29, 0.717) is 24.2 Å². The zero-order chi connectivity index (χ0) is 17.5. The van der Waals surface area contributed by atoms with Crippen molar-refractivity contribution in [1.29, 1.82) is 0 Å². The highest BCUT2D eigenvalue weighted by molar-refractivity contribution is 6.00. The minimum Gasteiger partial charge on any atom is -0.424 e. The van der Waals surface area contributed by atoms with Crippen LogP contribution in [-0.4, -0.2) is 29.8 Å². The van der Waals surface area contributed by atoms with Crippen LogP contribution in [0.4, 0.5) is 19.0 Å². The van der Waals surface area contributed by atoms with Gasteiger partial charge in [-0.25, -0.2) is 0 Å². The lowest BCUT2D eigenvalue weighted by Gasteiger charge is -2.15. The third-order valence-electron chi connectivity index (χ3n) is 3.65. The number of rotatable bonds is 3. The number of fused-ring (bicyclic) bond motifs is 1. The molecule has 0 saturated heterocycles. The number of carbonyl (C=O) groups is 1. The topological polar surface area (TPSA) is 55.3 Å². The highest BCUT2D eigenvalue weighted by Gasteiger charge is 2.34. The van der Waals surface area contributed by atoms with E-state index in [1.165, 1.54) is 11.0 Å². The second-order valence-electron chi connectivity index (χ2n) is 5.63. The molecule has 1 aliphatic carbocycles. The van der Waals surface area contributed by atoms with E-state index < -0.39 is 17.9 Å². The lowest BCUT2D eigenvalue weighted by molar-refractivity contribution is -0.141. The number of ketones is 1. The minimum atomic E-state index is -4.60. The monoisotopic (exact) mass is 337 g/mol. The van der Waals surface area contributed by atoms with Crippen molar-refractivity contribution in [2.24, 2.45) is 0 Å². The largest absolute Gasteiger partial charge is 0.433 e. The molecule has 8 heteroatoms. The Morgan fingerprint density at radius 2 is 1.88 bits per heavy atom. The summed E-state index contributed by atoms with van der Waals surface area (Å²) in [6, 6.07) is 5.24. The molecule has 0 amide bonds. The molecule has 0 aliphatic heterocycles. The first-order valence-corrected chi connectivity index (χ1v) is 7.21. The highest BCUT2D eigenvalue weighted by Crippen LogP contribution is 2.32. The fourth-order valence-corrected chi connectivity index (χ4v) is 2.43. The van der Waals surface area contributed by atoms with Gasteiger partial charge in [0.2, 0.25) is 0 Å². The van der Waals surface area contributed by atoms with Gasteiger partial charge in [0.05, 0.1) is 0 Å². The van der Waals surface area contributed by atoms with Crippen LogP contribution in [0.2, 0.25) is 0 Å². The summed E-state index contributed by atoms with van der Waals surface area (Å²) in [5.74, 6) is 0.443. The molecule has 2 aromatic rings.